The van der Waals surface area contributed by atoms with Crippen molar-refractivity contribution >= 4 is 5.97 Å². The minimum Gasteiger partial charge on any atom is -0.486 e. The van der Waals surface area contributed by atoms with Gasteiger partial charge in [0.05, 0.1) is 19.5 Å². The van der Waals surface area contributed by atoms with Crippen molar-refractivity contribution in [3.8, 4) is 5.75 Å². The van der Waals surface area contributed by atoms with E-state index in [-0.39, 0.29) is 5.97 Å². The van der Waals surface area contributed by atoms with Crippen LogP contribution in [0.1, 0.15) is 13.3 Å². The lowest BCUT2D eigenvalue weighted by Gasteiger charge is -2.03. The highest BCUT2D eigenvalue weighted by Gasteiger charge is 2.06. The van der Waals surface area contributed by atoms with Gasteiger partial charge in [-0.1, -0.05) is 6.92 Å². The van der Waals surface area contributed by atoms with E-state index in [1.54, 1.807) is 23.2 Å². The molecule has 0 aliphatic carbocycles. The van der Waals surface area contributed by atoms with Crippen molar-refractivity contribution in [1.82, 2.24) is 9.78 Å². The van der Waals surface area contributed by atoms with Crippen molar-refractivity contribution in [1.29, 1.82) is 0 Å². The summed E-state index contributed by atoms with van der Waals surface area (Å²) in [4.78, 5) is 11.2. The molecular weight excluding hydrogens is 208 g/mol. The third kappa shape index (κ3) is 3.42. The van der Waals surface area contributed by atoms with Crippen LogP contribution in [0, 0.1) is 0 Å². The summed E-state index contributed by atoms with van der Waals surface area (Å²) in [7, 11) is 3.18. The molecule has 0 radical (unpaired) electrons. The number of ether oxygens (including phenoxy) is 2. The summed E-state index contributed by atoms with van der Waals surface area (Å²) in [6, 6.07) is 0. The topological polar surface area (TPSA) is 53.4 Å². The van der Waals surface area contributed by atoms with Gasteiger partial charge < -0.3 is 9.47 Å². The zero-order chi connectivity index (χ0) is 12.0. The highest BCUT2D eigenvalue weighted by atomic mass is 16.5. The van der Waals surface area contributed by atoms with E-state index in [2.05, 4.69) is 9.84 Å². The average Bonchev–Trinajstić information content (AvgIpc) is 2.69. The molecule has 0 fully saturated rings. The van der Waals surface area contributed by atoms with Gasteiger partial charge in [-0.05, 0) is 12.5 Å². The number of carbonyl (C=O) groups is 1. The molecule has 5 nitrogen and oxygen atoms in total. The Hall–Kier alpha value is -1.78. The molecule has 0 spiro atoms. The minimum absolute atomic E-state index is 0.308. The van der Waals surface area contributed by atoms with Gasteiger partial charge in [0.15, 0.2) is 5.75 Å². The molecule has 0 unspecified atom stereocenters. The first kappa shape index (κ1) is 12.3. The molecule has 0 bridgehead atoms. The van der Waals surface area contributed by atoms with Crippen LogP contribution in [0.3, 0.4) is 0 Å². The van der Waals surface area contributed by atoms with Crippen LogP contribution in [0.5, 0.6) is 5.75 Å². The van der Waals surface area contributed by atoms with E-state index >= 15 is 0 Å². The summed E-state index contributed by atoms with van der Waals surface area (Å²) < 4.78 is 11.7. The Morgan fingerprint density at radius 1 is 1.62 bits per heavy atom. The SMILES string of the molecule is CCC(=CCOc1cnn(C)c1)C(=O)OC. The molecule has 0 atom stereocenters. The maximum absolute atomic E-state index is 11.2. The highest BCUT2D eigenvalue weighted by molar-refractivity contribution is 5.88. The summed E-state index contributed by atoms with van der Waals surface area (Å²) in [5.41, 5.74) is 0.617. The van der Waals surface area contributed by atoms with E-state index in [0.717, 1.165) is 0 Å². The third-order valence-electron chi connectivity index (χ3n) is 2.09. The lowest BCUT2D eigenvalue weighted by Crippen LogP contribution is -2.06. The molecule has 1 heterocycles. The minimum atomic E-state index is -0.308. The largest absolute Gasteiger partial charge is 0.486 e. The molecule has 5 heteroatoms. The van der Waals surface area contributed by atoms with E-state index in [4.69, 9.17) is 4.74 Å². The second kappa shape index (κ2) is 5.95. The number of aromatic nitrogens is 2. The molecule has 1 aromatic heterocycles. The fraction of sp³-hybridized carbons (Fsp3) is 0.455. The van der Waals surface area contributed by atoms with Crippen LogP contribution in [-0.4, -0.2) is 29.5 Å². The molecule has 0 amide bonds. The normalized spacial score (nSPS) is 11.3. The molecule has 16 heavy (non-hydrogen) atoms. The van der Waals surface area contributed by atoms with Crippen molar-refractivity contribution < 1.29 is 14.3 Å². The summed E-state index contributed by atoms with van der Waals surface area (Å²) in [5, 5.41) is 3.97. The number of hydrogen-bond acceptors (Lipinski definition) is 4. The standard InChI is InChI=1S/C11H16N2O3/c1-4-9(11(14)15-3)5-6-16-10-7-12-13(2)8-10/h5,7-8H,4,6H2,1-3H3. The molecule has 0 saturated carbocycles. The summed E-state index contributed by atoms with van der Waals surface area (Å²) in [6.07, 6.45) is 5.73. The van der Waals surface area contributed by atoms with E-state index in [1.165, 1.54) is 7.11 Å². The van der Waals surface area contributed by atoms with Gasteiger partial charge in [0.2, 0.25) is 0 Å². The molecule has 1 aromatic rings. The number of aryl methyl sites for hydroxylation is 1. The Morgan fingerprint density at radius 3 is 2.88 bits per heavy atom. The Labute approximate surface area is 94.7 Å². The predicted octanol–water partition coefficient (Wildman–Crippen LogP) is 1.31. The zero-order valence-electron chi connectivity index (χ0n) is 9.77. The van der Waals surface area contributed by atoms with E-state index < -0.39 is 0 Å². The van der Waals surface area contributed by atoms with Crippen LogP contribution in [0.2, 0.25) is 0 Å². The Balaban J connectivity index is 2.49. The van der Waals surface area contributed by atoms with Crippen molar-refractivity contribution in [3.05, 3.63) is 24.0 Å². The summed E-state index contributed by atoms with van der Waals surface area (Å²) >= 11 is 0. The van der Waals surface area contributed by atoms with Crippen LogP contribution in [0.4, 0.5) is 0 Å². The molecule has 0 N–H and O–H groups in total. The number of methoxy groups -OCH3 is 1. The number of carbonyl (C=O) groups excluding carboxylic acids is 1. The number of esters is 1. The van der Waals surface area contributed by atoms with Gasteiger partial charge in [-0.3, -0.25) is 4.68 Å². The van der Waals surface area contributed by atoms with Crippen LogP contribution in [0.25, 0.3) is 0 Å². The molecule has 0 aromatic carbocycles. The fourth-order valence-electron chi connectivity index (χ4n) is 1.21. The van der Waals surface area contributed by atoms with E-state index in [0.29, 0.717) is 24.4 Å². The van der Waals surface area contributed by atoms with Gasteiger partial charge in [0, 0.05) is 12.6 Å². The maximum atomic E-state index is 11.2. The van der Waals surface area contributed by atoms with Crippen LogP contribution in [0.15, 0.2) is 24.0 Å². The van der Waals surface area contributed by atoms with Gasteiger partial charge in [-0.15, -0.1) is 0 Å². The van der Waals surface area contributed by atoms with Crippen molar-refractivity contribution in [2.45, 2.75) is 13.3 Å². The summed E-state index contributed by atoms with van der Waals surface area (Å²) in [5.74, 6) is 0.372. The molecule has 88 valence electrons. The zero-order valence-corrected chi connectivity index (χ0v) is 9.77. The lowest BCUT2D eigenvalue weighted by atomic mass is 10.2. The molecule has 0 aliphatic rings. The quantitative estimate of drug-likeness (QED) is 0.559. The monoisotopic (exact) mass is 224 g/mol. The highest BCUT2D eigenvalue weighted by Crippen LogP contribution is 2.08. The average molecular weight is 224 g/mol. The molecule has 0 saturated heterocycles. The Morgan fingerprint density at radius 2 is 2.38 bits per heavy atom. The van der Waals surface area contributed by atoms with E-state index in [1.807, 2.05) is 14.0 Å². The van der Waals surface area contributed by atoms with E-state index in [9.17, 15) is 4.79 Å². The van der Waals surface area contributed by atoms with Gasteiger partial charge in [-0.25, -0.2) is 4.79 Å². The van der Waals surface area contributed by atoms with Gasteiger partial charge in [-0.2, -0.15) is 5.10 Å². The van der Waals surface area contributed by atoms with Crippen molar-refractivity contribution in [2.75, 3.05) is 13.7 Å². The van der Waals surface area contributed by atoms with Crippen LogP contribution >= 0.6 is 0 Å². The Bertz CT molecular complexity index is 382. The first-order valence-electron chi connectivity index (χ1n) is 5.06. The summed E-state index contributed by atoms with van der Waals surface area (Å²) in [6.45, 7) is 2.23. The molecule has 1 rings (SSSR count). The van der Waals surface area contributed by atoms with Gasteiger partial charge in [0.1, 0.15) is 6.61 Å². The second-order valence-corrected chi connectivity index (χ2v) is 3.24. The first-order chi connectivity index (χ1) is 7.67. The van der Waals surface area contributed by atoms with Crippen LogP contribution < -0.4 is 4.74 Å². The first-order valence-corrected chi connectivity index (χ1v) is 5.06. The predicted molar refractivity (Wildman–Crippen MR) is 59.1 cm³/mol. The fourth-order valence-corrected chi connectivity index (χ4v) is 1.21. The van der Waals surface area contributed by atoms with Gasteiger partial charge in [0.25, 0.3) is 0 Å². The number of rotatable bonds is 5. The van der Waals surface area contributed by atoms with Crippen molar-refractivity contribution in [3.63, 3.8) is 0 Å². The van der Waals surface area contributed by atoms with Gasteiger partial charge >= 0.3 is 5.97 Å². The molecule has 0 aliphatic heterocycles. The lowest BCUT2D eigenvalue weighted by molar-refractivity contribution is -0.136. The molecular formula is C11H16N2O3. The smallest absolute Gasteiger partial charge is 0.333 e. The van der Waals surface area contributed by atoms with Crippen molar-refractivity contribution in [2.24, 2.45) is 7.05 Å². The second-order valence-electron chi connectivity index (χ2n) is 3.24. The number of nitrogens with zero attached hydrogens (tertiary/aromatic N) is 2. The third-order valence-corrected chi connectivity index (χ3v) is 2.09. The maximum Gasteiger partial charge on any atom is 0.333 e. The number of hydrogen-bond donors (Lipinski definition) is 0. The van der Waals surface area contributed by atoms with Crippen LogP contribution in [-0.2, 0) is 16.6 Å². The Kier molecular flexibility index (Phi) is 4.57.